The zero-order valence-corrected chi connectivity index (χ0v) is 15.1. The predicted octanol–water partition coefficient (Wildman–Crippen LogP) is 5.27. The molecule has 5 heteroatoms. The zero-order chi connectivity index (χ0) is 18.5. The minimum atomic E-state index is 0.404. The number of nitrogens with one attached hydrogen (secondary N) is 2. The van der Waals surface area contributed by atoms with Gasteiger partial charge in [-0.05, 0) is 36.6 Å². The van der Waals surface area contributed by atoms with Gasteiger partial charge in [-0.1, -0.05) is 44.2 Å². The van der Waals surface area contributed by atoms with Crippen LogP contribution in [0, 0.1) is 18.3 Å². The summed E-state index contributed by atoms with van der Waals surface area (Å²) in [5.74, 6) is 1.57. The summed E-state index contributed by atoms with van der Waals surface area (Å²) in [4.78, 5) is 8.99. The van der Waals surface area contributed by atoms with Crippen molar-refractivity contribution in [3.05, 3.63) is 71.4 Å². The summed E-state index contributed by atoms with van der Waals surface area (Å²) in [6, 6.07) is 19.6. The van der Waals surface area contributed by atoms with E-state index in [1.54, 1.807) is 6.07 Å². The smallest absolute Gasteiger partial charge is 0.229 e. The summed E-state index contributed by atoms with van der Waals surface area (Å²) < 4.78 is 0. The highest BCUT2D eigenvalue weighted by Crippen LogP contribution is 2.27. The van der Waals surface area contributed by atoms with E-state index < -0.39 is 0 Å². The first-order chi connectivity index (χ1) is 12.6. The van der Waals surface area contributed by atoms with Crippen molar-refractivity contribution < 1.29 is 0 Å². The van der Waals surface area contributed by atoms with Crippen LogP contribution in [-0.2, 0) is 0 Å². The molecule has 0 aliphatic heterocycles. The number of nitriles is 1. The Morgan fingerprint density at radius 2 is 1.62 bits per heavy atom. The van der Waals surface area contributed by atoms with Crippen LogP contribution in [0.25, 0.3) is 0 Å². The van der Waals surface area contributed by atoms with Crippen LogP contribution in [0.4, 0.5) is 23.1 Å². The van der Waals surface area contributed by atoms with Crippen LogP contribution in [-0.4, -0.2) is 9.97 Å². The normalized spacial score (nSPS) is 10.4. The van der Waals surface area contributed by atoms with E-state index >= 15 is 0 Å². The van der Waals surface area contributed by atoms with Gasteiger partial charge in [0.25, 0.3) is 0 Å². The first-order valence-corrected chi connectivity index (χ1v) is 8.54. The summed E-state index contributed by atoms with van der Waals surface area (Å²) in [6.07, 6.45) is 0. The fourth-order valence-corrected chi connectivity index (χ4v) is 2.75. The van der Waals surface area contributed by atoms with Gasteiger partial charge in [0.2, 0.25) is 5.95 Å². The standard InChI is InChI=1S/C21H21N5/c1-14(2)17-9-5-7-11-19(17)24-20-12-15(3)23-21(26-20)25-18-10-6-4-8-16(18)13-22/h4-12,14H,1-3H3,(H2,23,24,25,26). The van der Waals surface area contributed by atoms with Crippen molar-refractivity contribution >= 4 is 23.1 Å². The third-order valence-electron chi connectivity index (χ3n) is 3.99. The Bertz CT molecular complexity index is 957. The third kappa shape index (κ3) is 3.98. The van der Waals surface area contributed by atoms with Crippen LogP contribution in [0.3, 0.4) is 0 Å². The molecule has 26 heavy (non-hydrogen) atoms. The van der Waals surface area contributed by atoms with E-state index in [-0.39, 0.29) is 0 Å². The Kier molecular flexibility index (Phi) is 5.14. The topological polar surface area (TPSA) is 73.6 Å². The molecule has 0 unspecified atom stereocenters. The molecule has 0 fully saturated rings. The van der Waals surface area contributed by atoms with Gasteiger partial charge in [-0.3, -0.25) is 0 Å². The number of nitrogens with zero attached hydrogens (tertiary/aromatic N) is 3. The Hall–Kier alpha value is -3.39. The molecular formula is C21H21N5. The van der Waals surface area contributed by atoms with E-state index in [4.69, 9.17) is 0 Å². The lowest BCUT2D eigenvalue weighted by Gasteiger charge is -2.15. The van der Waals surface area contributed by atoms with E-state index in [1.165, 1.54) is 5.56 Å². The molecule has 0 aliphatic carbocycles. The first kappa shape index (κ1) is 17.4. The molecule has 0 spiro atoms. The van der Waals surface area contributed by atoms with Gasteiger partial charge in [0.15, 0.2) is 0 Å². The first-order valence-electron chi connectivity index (χ1n) is 8.54. The Balaban J connectivity index is 1.91. The van der Waals surface area contributed by atoms with Gasteiger partial charge in [0, 0.05) is 17.4 Å². The number of hydrogen-bond acceptors (Lipinski definition) is 5. The fourth-order valence-electron chi connectivity index (χ4n) is 2.75. The van der Waals surface area contributed by atoms with Crippen molar-refractivity contribution in [1.29, 1.82) is 5.26 Å². The zero-order valence-electron chi connectivity index (χ0n) is 15.1. The largest absolute Gasteiger partial charge is 0.340 e. The molecule has 2 aromatic carbocycles. The number of anilines is 4. The predicted molar refractivity (Wildman–Crippen MR) is 105 cm³/mol. The molecule has 3 rings (SSSR count). The van der Waals surface area contributed by atoms with Crippen LogP contribution in [0.15, 0.2) is 54.6 Å². The van der Waals surface area contributed by atoms with Crippen LogP contribution in [0.2, 0.25) is 0 Å². The Labute approximate surface area is 153 Å². The molecule has 2 N–H and O–H groups in total. The second-order valence-corrected chi connectivity index (χ2v) is 6.37. The molecule has 1 heterocycles. The molecule has 0 amide bonds. The molecule has 0 saturated carbocycles. The molecule has 0 atom stereocenters. The van der Waals surface area contributed by atoms with Crippen molar-refractivity contribution in [1.82, 2.24) is 9.97 Å². The Morgan fingerprint density at radius 3 is 2.35 bits per heavy atom. The number of benzene rings is 2. The van der Waals surface area contributed by atoms with Gasteiger partial charge in [0.1, 0.15) is 11.9 Å². The molecule has 0 aliphatic rings. The van der Waals surface area contributed by atoms with Gasteiger partial charge in [-0.25, -0.2) is 4.98 Å². The van der Waals surface area contributed by atoms with Crippen LogP contribution in [0.1, 0.15) is 36.6 Å². The maximum Gasteiger partial charge on any atom is 0.229 e. The van der Waals surface area contributed by atoms with Crippen molar-refractivity contribution in [2.45, 2.75) is 26.7 Å². The average Bonchev–Trinajstić information content (AvgIpc) is 2.62. The van der Waals surface area contributed by atoms with Gasteiger partial charge in [0.05, 0.1) is 11.3 Å². The average molecular weight is 343 g/mol. The molecule has 0 bridgehead atoms. The quantitative estimate of drug-likeness (QED) is 0.660. The highest BCUT2D eigenvalue weighted by atomic mass is 15.1. The number of rotatable bonds is 5. The van der Waals surface area contributed by atoms with E-state index in [9.17, 15) is 5.26 Å². The summed E-state index contributed by atoms with van der Waals surface area (Å²) in [5, 5.41) is 15.8. The van der Waals surface area contributed by atoms with E-state index in [0.29, 0.717) is 28.9 Å². The Morgan fingerprint density at radius 1 is 0.923 bits per heavy atom. The van der Waals surface area contributed by atoms with E-state index in [1.807, 2.05) is 49.4 Å². The summed E-state index contributed by atoms with van der Waals surface area (Å²) >= 11 is 0. The molecule has 5 nitrogen and oxygen atoms in total. The van der Waals surface area contributed by atoms with Gasteiger partial charge < -0.3 is 10.6 Å². The van der Waals surface area contributed by atoms with E-state index in [0.717, 1.165) is 11.4 Å². The lowest BCUT2D eigenvalue weighted by atomic mass is 10.0. The molecular weight excluding hydrogens is 322 g/mol. The van der Waals surface area contributed by atoms with Gasteiger partial charge >= 0.3 is 0 Å². The lowest BCUT2D eigenvalue weighted by Crippen LogP contribution is -2.04. The van der Waals surface area contributed by atoms with Crippen LogP contribution < -0.4 is 10.6 Å². The lowest BCUT2D eigenvalue weighted by molar-refractivity contribution is 0.869. The maximum atomic E-state index is 9.24. The maximum absolute atomic E-state index is 9.24. The molecule has 3 aromatic rings. The number of para-hydroxylation sites is 2. The van der Waals surface area contributed by atoms with Crippen LogP contribution >= 0.6 is 0 Å². The number of hydrogen-bond donors (Lipinski definition) is 2. The van der Waals surface area contributed by atoms with Gasteiger partial charge in [-0.15, -0.1) is 0 Å². The van der Waals surface area contributed by atoms with Crippen molar-refractivity contribution in [2.24, 2.45) is 0 Å². The minimum absolute atomic E-state index is 0.404. The van der Waals surface area contributed by atoms with Crippen molar-refractivity contribution in [3.8, 4) is 6.07 Å². The van der Waals surface area contributed by atoms with E-state index in [2.05, 4.69) is 46.6 Å². The summed E-state index contributed by atoms with van der Waals surface area (Å²) in [5.41, 5.74) is 4.34. The minimum Gasteiger partial charge on any atom is -0.340 e. The molecule has 1 aromatic heterocycles. The second kappa shape index (κ2) is 7.66. The fraction of sp³-hybridized carbons (Fsp3) is 0.190. The summed E-state index contributed by atoms with van der Waals surface area (Å²) in [7, 11) is 0. The van der Waals surface area contributed by atoms with Gasteiger partial charge in [-0.2, -0.15) is 10.2 Å². The third-order valence-corrected chi connectivity index (χ3v) is 3.99. The molecule has 0 saturated heterocycles. The highest BCUT2D eigenvalue weighted by molar-refractivity contribution is 5.66. The number of aryl methyl sites for hydroxylation is 1. The van der Waals surface area contributed by atoms with Crippen LogP contribution in [0.5, 0.6) is 0 Å². The van der Waals surface area contributed by atoms with Crippen molar-refractivity contribution in [2.75, 3.05) is 10.6 Å². The SMILES string of the molecule is Cc1cc(Nc2ccccc2C(C)C)nc(Nc2ccccc2C#N)n1. The number of aromatic nitrogens is 2. The monoisotopic (exact) mass is 343 g/mol. The van der Waals surface area contributed by atoms with Crippen molar-refractivity contribution in [3.63, 3.8) is 0 Å². The molecule has 130 valence electrons. The summed E-state index contributed by atoms with van der Waals surface area (Å²) in [6.45, 7) is 6.25. The second-order valence-electron chi connectivity index (χ2n) is 6.37. The highest BCUT2D eigenvalue weighted by Gasteiger charge is 2.09. The molecule has 0 radical (unpaired) electrons.